The monoisotopic (exact) mass is 329 g/mol. The Bertz CT molecular complexity index is 446. The number of ether oxygens (including phenoxy) is 1. The Labute approximate surface area is 122 Å². The molecule has 5 heteroatoms. The van der Waals surface area contributed by atoms with Crippen LogP contribution in [0.25, 0.3) is 0 Å². The normalized spacial score (nSPS) is 11.2. The molecule has 0 spiro atoms. The van der Waals surface area contributed by atoms with Crippen molar-refractivity contribution in [2.45, 2.75) is 20.3 Å². The molecule has 19 heavy (non-hydrogen) atoms. The Hall–Kier alpha value is -1.23. The van der Waals surface area contributed by atoms with E-state index in [4.69, 9.17) is 4.74 Å². The van der Waals surface area contributed by atoms with Crippen molar-refractivity contribution in [3.63, 3.8) is 0 Å². The fourth-order valence-corrected chi connectivity index (χ4v) is 2.66. The average molecular weight is 330 g/mol. The summed E-state index contributed by atoms with van der Waals surface area (Å²) in [6.07, 6.45) is 0.956. The highest BCUT2D eigenvalue weighted by Crippen LogP contribution is 2.24. The van der Waals surface area contributed by atoms with Crippen LogP contribution in [0, 0.1) is 5.41 Å². The van der Waals surface area contributed by atoms with Gasteiger partial charge < -0.3 is 15.2 Å². The minimum atomic E-state index is -0.293. The van der Waals surface area contributed by atoms with Crippen molar-refractivity contribution in [1.82, 2.24) is 5.32 Å². The molecule has 2 N–H and O–H groups in total. The van der Waals surface area contributed by atoms with Crippen LogP contribution < -0.4 is 10.1 Å². The third kappa shape index (κ3) is 4.74. The van der Waals surface area contributed by atoms with Crippen molar-refractivity contribution in [1.29, 1.82) is 0 Å². The molecule has 1 rings (SSSR count). The molecular weight excluding hydrogens is 310 g/mol. The lowest BCUT2D eigenvalue weighted by molar-refractivity contribution is 0.0933. The largest absolute Gasteiger partial charge is 0.507 e. The second-order valence-corrected chi connectivity index (χ2v) is 5.96. The third-order valence-electron chi connectivity index (χ3n) is 2.95. The van der Waals surface area contributed by atoms with E-state index in [9.17, 15) is 9.90 Å². The summed E-state index contributed by atoms with van der Waals surface area (Å²) in [7, 11) is 1.52. The molecule has 0 aliphatic heterocycles. The van der Waals surface area contributed by atoms with Gasteiger partial charge in [-0.3, -0.25) is 4.79 Å². The van der Waals surface area contributed by atoms with Crippen molar-refractivity contribution >= 4 is 21.8 Å². The summed E-state index contributed by atoms with van der Waals surface area (Å²) in [5, 5.41) is 13.4. The third-order valence-corrected chi connectivity index (χ3v) is 3.34. The molecule has 0 fully saturated rings. The van der Waals surface area contributed by atoms with Crippen molar-refractivity contribution in [2.24, 2.45) is 5.41 Å². The van der Waals surface area contributed by atoms with E-state index in [1.54, 1.807) is 6.07 Å². The Kier molecular flexibility index (Phi) is 5.66. The van der Waals surface area contributed by atoms with E-state index in [-0.39, 0.29) is 22.6 Å². The van der Waals surface area contributed by atoms with Crippen LogP contribution >= 0.6 is 15.9 Å². The maximum Gasteiger partial charge on any atom is 0.255 e. The number of amides is 1. The molecule has 0 unspecified atom stereocenters. The summed E-state index contributed by atoms with van der Waals surface area (Å²) >= 11 is 3.40. The molecule has 1 aromatic carbocycles. The van der Waals surface area contributed by atoms with Crippen LogP contribution in [0.2, 0.25) is 0 Å². The minimum absolute atomic E-state index is 0.00759. The van der Waals surface area contributed by atoms with Gasteiger partial charge in [-0.05, 0) is 30.0 Å². The lowest BCUT2D eigenvalue weighted by Gasteiger charge is -2.24. The number of phenolic OH excluding ortho intramolecular Hbond substituents is 1. The summed E-state index contributed by atoms with van der Waals surface area (Å²) < 4.78 is 5.05. The molecular formula is C14H20BrNO3. The fraction of sp³-hybridized carbons (Fsp3) is 0.500. The van der Waals surface area contributed by atoms with Crippen LogP contribution in [-0.2, 0) is 0 Å². The number of rotatable bonds is 6. The maximum atomic E-state index is 12.0. The van der Waals surface area contributed by atoms with Gasteiger partial charge in [0, 0.05) is 11.9 Å². The van der Waals surface area contributed by atoms with Crippen molar-refractivity contribution in [2.75, 3.05) is 19.0 Å². The maximum absolute atomic E-state index is 12.0. The minimum Gasteiger partial charge on any atom is -0.507 e. The van der Waals surface area contributed by atoms with Gasteiger partial charge in [0.2, 0.25) is 0 Å². The van der Waals surface area contributed by atoms with Crippen LogP contribution in [0.5, 0.6) is 11.5 Å². The smallest absolute Gasteiger partial charge is 0.255 e. The molecule has 0 saturated heterocycles. The summed E-state index contributed by atoms with van der Waals surface area (Å²) in [5.41, 5.74) is 0.238. The number of methoxy groups -OCH3 is 1. The average Bonchev–Trinajstić information content (AvgIpc) is 2.36. The predicted molar refractivity (Wildman–Crippen MR) is 79.2 cm³/mol. The number of aromatic hydroxyl groups is 1. The molecule has 106 valence electrons. The lowest BCUT2D eigenvalue weighted by atomic mass is 9.90. The first-order valence-electron chi connectivity index (χ1n) is 6.11. The van der Waals surface area contributed by atoms with E-state index in [0.717, 1.165) is 11.8 Å². The molecule has 4 nitrogen and oxygen atoms in total. The number of alkyl halides is 1. The van der Waals surface area contributed by atoms with Gasteiger partial charge in [-0.15, -0.1) is 0 Å². The highest BCUT2D eigenvalue weighted by Gasteiger charge is 2.19. The van der Waals surface area contributed by atoms with Gasteiger partial charge in [-0.25, -0.2) is 0 Å². The zero-order valence-electron chi connectivity index (χ0n) is 11.5. The highest BCUT2D eigenvalue weighted by atomic mass is 79.9. The molecule has 1 aromatic rings. The van der Waals surface area contributed by atoms with Crippen LogP contribution in [0.4, 0.5) is 0 Å². The van der Waals surface area contributed by atoms with Crippen molar-refractivity contribution in [3.05, 3.63) is 23.8 Å². The standard InChI is InChI=1S/C14H20BrNO3/c1-14(2,6-7-15)9-16-13(18)11-8-10(19-3)4-5-12(11)17/h4-5,8,17H,6-7,9H2,1-3H3,(H,16,18). The van der Waals surface area contributed by atoms with Crippen LogP contribution in [0.15, 0.2) is 18.2 Å². The van der Waals surface area contributed by atoms with Gasteiger partial charge in [0.25, 0.3) is 5.91 Å². The van der Waals surface area contributed by atoms with Crippen LogP contribution in [-0.4, -0.2) is 30.0 Å². The van der Waals surface area contributed by atoms with Crippen molar-refractivity contribution in [3.8, 4) is 11.5 Å². The second kappa shape index (κ2) is 6.80. The first-order valence-corrected chi connectivity index (χ1v) is 7.23. The lowest BCUT2D eigenvalue weighted by Crippen LogP contribution is -2.34. The Morgan fingerprint density at radius 1 is 1.47 bits per heavy atom. The Morgan fingerprint density at radius 3 is 2.74 bits per heavy atom. The summed E-state index contributed by atoms with van der Waals surface area (Å²) in [6.45, 7) is 4.72. The van der Waals surface area contributed by atoms with Gasteiger partial charge in [-0.1, -0.05) is 29.8 Å². The number of benzene rings is 1. The molecule has 0 bridgehead atoms. The number of nitrogens with one attached hydrogen (secondary N) is 1. The number of hydrogen-bond acceptors (Lipinski definition) is 3. The van der Waals surface area contributed by atoms with Gasteiger partial charge >= 0.3 is 0 Å². The first-order chi connectivity index (χ1) is 8.89. The summed E-state index contributed by atoms with van der Waals surface area (Å²) in [5.74, 6) is 0.207. The Morgan fingerprint density at radius 2 is 2.16 bits per heavy atom. The highest BCUT2D eigenvalue weighted by molar-refractivity contribution is 9.09. The van der Waals surface area contributed by atoms with Crippen LogP contribution in [0.3, 0.4) is 0 Å². The zero-order valence-corrected chi connectivity index (χ0v) is 13.1. The molecule has 0 aromatic heterocycles. The number of hydrogen-bond donors (Lipinski definition) is 2. The quantitative estimate of drug-likeness (QED) is 0.789. The zero-order chi connectivity index (χ0) is 14.5. The molecule has 0 aliphatic carbocycles. The van der Waals surface area contributed by atoms with Gasteiger partial charge in [-0.2, -0.15) is 0 Å². The summed E-state index contributed by atoms with van der Waals surface area (Å²) in [4.78, 5) is 12.0. The number of halogens is 1. The molecule has 0 radical (unpaired) electrons. The first kappa shape index (κ1) is 15.8. The molecule has 1 amide bonds. The topological polar surface area (TPSA) is 58.6 Å². The number of carbonyl (C=O) groups is 1. The van der Waals surface area contributed by atoms with Gasteiger partial charge in [0.15, 0.2) is 0 Å². The van der Waals surface area contributed by atoms with E-state index in [2.05, 4.69) is 35.1 Å². The number of carbonyl (C=O) groups excluding carboxylic acids is 1. The molecule has 0 aliphatic rings. The number of phenols is 1. The fourth-order valence-electron chi connectivity index (χ4n) is 1.58. The summed E-state index contributed by atoms with van der Waals surface area (Å²) in [6, 6.07) is 4.60. The van der Waals surface area contributed by atoms with Crippen LogP contribution in [0.1, 0.15) is 30.6 Å². The molecule has 0 atom stereocenters. The van der Waals surface area contributed by atoms with E-state index in [1.807, 2.05) is 0 Å². The van der Waals surface area contributed by atoms with E-state index >= 15 is 0 Å². The van der Waals surface area contributed by atoms with E-state index in [0.29, 0.717) is 12.3 Å². The van der Waals surface area contributed by atoms with E-state index < -0.39 is 0 Å². The predicted octanol–water partition coefficient (Wildman–Crippen LogP) is 2.94. The Balaban J connectivity index is 2.73. The van der Waals surface area contributed by atoms with Crippen molar-refractivity contribution < 1.29 is 14.6 Å². The van der Waals surface area contributed by atoms with Gasteiger partial charge in [0.1, 0.15) is 11.5 Å². The van der Waals surface area contributed by atoms with Gasteiger partial charge in [0.05, 0.1) is 12.7 Å². The second-order valence-electron chi connectivity index (χ2n) is 5.17. The van der Waals surface area contributed by atoms with E-state index in [1.165, 1.54) is 19.2 Å². The SMILES string of the molecule is COc1ccc(O)c(C(=O)NCC(C)(C)CCBr)c1. The molecule has 0 heterocycles. The molecule has 0 saturated carbocycles.